The zero-order valence-corrected chi connectivity index (χ0v) is 11.5. The first-order valence-electron chi connectivity index (χ1n) is 6.37. The number of halogens is 1. The van der Waals surface area contributed by atoms with Crippen molar-refractivity contribution in [1.29, 1.82) is 0 Å². The van der Waals surface area contributed by atoms with Gasteiger partial charge in [0.25, 0.3) is 0 Å². The molecule has 3 rings (SSSR count). The fourth-order valence-corrected chi connectivity index (χ4v) is 2.54. The lowest BCUT2D eigenvalue weighted by Gasteiger charge is -2.00. The van der Waals surface area contributed by atoms with E-state index in [1.807, 2.05) is 13.8 Å². The molecule has 0 saturated carbocycles. The van der Waals surface area contributed by atoms with Crippen LogP contribution in [0.25, 0.3) is 10.9 Å². The van der Waals surface area contributed by atoms with Gasteiger partial charge in [0.1, 0.15) is 17.3 Å². The number of hydrogen-bond acceptors (Lipinski definition) is 2. The maximum Gasteiger partial charge on any atom is 0.198 e. The number of aromatic amines is 1. The van der Waals surface area contributed by atoms with Gasteiger partial charge in [-0.15, -0.1) is 0 Å². The third-order valence-corrected chi connectivity index (χ3v) is 3.68. The van der Waals surface area contributed by atoms with Crippen molar-refractivity contribution in [2.75, 3.05) is 0 Å². The Morgan fingerprint density at radius 2 is 1.95 bits per heavy atom. The number of furan rings is 1. The Bertz CT molecular complexity index is 826. The first kappa shape index (κ1) is 12.7. The molecule has 2 heterocycles. The average molecular weight is 271 g/mol. The van der Waals surface area contributed by atoms with Crippen LogP contribution < -0.4 is 0 Å². The van der Waals surface area contributed by atoms with Crippen molar-refractivity contribution in [3.8, 4) is 0 Å². The molecule has 1 aromatic carbocycles. The molecular formula is C16H14FNO2. The quantitative estimate of drug-likeness (QED) is 0.714. The van der Waals surface area contributed by atoms with Crippen molar-refractivity contribution in [1.82, 2.24) is 4.98 Å². The Hall–Kier alpha value is -2.36. The van der Waals surface area contributed by atoms with Crippen molar-refractivity contribution >= 4 is 16.7 Å². The highest BCUT2D eigenvalue weighted by molar-refractivity contribution is 6.17. The van der Waals surface area contributed by atoms with Crippen LogP contribution in [0.4, 0.5) is 4.39 Å². The molecule has 3 aromatic rings. The highest BCUT2D eigenvalue weighted by Gasteiger charge is 2.22. The summed E-state index contributed by atoms with van der Waals surface area (Å²) in [6.07, 6.45) is 1.62. The van der Waals surface area contributed by atoms with E-state index in [1.54, 1.807) is 19.2 Å². The van der Waals surface area contributed by atoms with E-state index in [-0.39, 0.29) is 11.6 Å². The van der Waals surface area contributed by atoms with Crippen LogP contribution in [0.3, 0.4) is 0 Å². The fraction of sp³-hybridized carbons (Fsp3) is 0.188. The number of hydrogen-bond donors (Lipinski definition) is 1. The summed E-state index contributed by atoms with van der Waals surface area (Å²) in [4.78, 5) is 15.7. The van der Waals surface area contributed by atoms with Crippen molar-refractivity contribution in [2.45, 2.75) is 20.8 Å². The molecule has 0 bridgehead atoms. The first-order valence-corrected chi connectivity index (χ1v) is 6.37. The molecule has 0 aliphatic heterocycles. The van der Waals surface area contributed by atoms with E-state index in [9.17, 15) is 9.18 Å². The van der Waals surface area contributed by atoms with Gasteiger partial charge in [-0.25, -0.2) is 4.39 Å². The van der Waals surface area contributed by atoms with Gasteiger partial charge >= 0.3 is 0 Å². The van der Waals surface area contributed by atoms with E-state index in [0.29, 0.717) is 22.3 Å². The molecule has 0 radical (unpaired) electrons. The Morgan fingerprint density at radius 3 is 2.60 bits per heavy atom. The molecule has 3 nitrogen and oxygen atoms in total. The topological polar surface area (TPSA) is 46.0 Å². The van der Waals surface area contributed by atoms with Gasteiger partial charge in [-0.1, -0.05) is 0 Å². The molecule has 4 heteroatoms. The smallest absolute Gasteiger partial charge is 0.198 e. The largest absolute Gasteiger partial charge is 0.466 e. The van der Waals surface area contributed by atoms with Gasteiger partial charge in [0.2, 0.25) is 0 Å². The zero-order chi connectivity index (χ0) is 14.4. The van der Waals surface area contributed by atoms with Gasteiger partial charge in [-0.2, -0.15) is 0 Å². The van der Waals surface area contributed by atoms with Crippen LogP contribution in [0.5, 0.6) is 0 Å². The number of aromatic nitrogens is 1. The Labute approximate surface area is 115 Å². The number of H-pyrrole nitrogens is 1. The van der Waals surface area contributed by atoms with Gasteiger partial charge in [-0.05, 0) is 39.0 Å². The lowest BCUT2D eigenvalue weighted by atomic mass is 9.99. The highest BCUT2D eigenvalue weighted by Crippen LogP contribution is 2.27. The lowest BCUT2D eigenvalue weighted by molar-refractivity contribution is 0.103. The van der Waals surface area contributed by atoms with E-state index in [4.69, 9.17) is 4.42 Å². The van der Waals surface area contributed by atoms with Crippen LogP contribution in [0, 0.1) is 26.6 Å². The summed E-state index contributed by atoms with van der Waals surface area (Å²) in [6.45, 7) is 5.45. The van der Waals surface area contributed by atoms with Crippen molar-refractivity contribution in [3.63, 3.8) is 0 Å². The predicted octanol–water partition coefficient (Wildman–Crippen LogP) is 4.06. The minimum atomic E-state index is -0.358. The van der Waals surface area contributed by atoms with Crippen molar-refractivity contribution < 1.29 is 13.6 Å². The van der Waals surface area contributed by atoms with Crippen molar-refractivity contribution in [2.24, 2.45) is 0 Å². The molecule has 0 aliphatic rings. The Kier molecular flexibility index (Phi) is 2.74. The molecule has 0 fully saturated rings. The number of nitrogens with one attached hydrogen (secondary N) is 1. The molecule has 102 valence electrons. The molecule has 20 heavy (non-hydrogen) atoms. The molecule has 0 amide bonds. The zero-order valence-electron chi connectivity index (χ0n) is 11.5. The summed E-state index contributed by atoms with van der Waals surface area (Å²) >= 11 is 0. The second-order valence-corrected chi connectivity index (χ2v) is 4.94. The predicted molar refractivity (Wildman–Crippen MR) is 74.6 cm³/mol. The molecule has 2 aromatic heterocycles. The van der Waals surface area contributed by atoms with Crippen LogP contribution in [-0.2, 0) is 0 Å². The van der Waals surface area contributed by atoms with Crippen LogP contribution in [0.2, 0.25) is 0 Å². The number of carbonyl (C=O) groups excluding carboxylic acids is 1. The van der Waals surface area contributed by atoms with E-state index in [2.05, 4.69) is 4.98 Å². The molecule has 0 unspecified atom stereocenters. The number of fused-ring (bicyclic) bond motifs is 1. The monoisotopic (exact) mass is 271 g/mol. The molecule has 0 atom stereocenters. The molecule has 1 N–H and O–H groups in total. The summed E-state index contributed by atoms with van der Waals surface area (Å²) in [6, 6.07) is 4.37. The maximum absolute atomic E-state index is 13.4. The van der Waals surface area contributed by atoms with Gasteiger partial charge in [0, 0.05) is 28.2 Å². The Morgan fingerprint density at radius 1 is 1.20 bits per heavy atom. The number of carbonyl (C=O) groups is 1. The van der Waals surface area contributed by atoms with Gasteiger partial charge < -0.3 is 9.40 Å². The van der Waals surface area contributed by atoms with Gasteiger partial charge in [0.15, 0.2) is 5.78 Å². The lowest BCUT2D eigenvalue weighted by Crippen LogP contribution is -2.03. The second kappa shape index (κ2) is 4.34. The van der Waals surface area contributed by atoms with Crippen LogP contribution >= 0.6 is 0 Å². The molecular weight excluding hydrogens is 257 g/mol. The standard InChI is InChI=1S/C16H14FNO2/c1-8-9(2)20-10(3)15(8)16(19)13-7-18-14-5-4-11(17)6-12(13)14/h4-7,18H,1-3H3. The van der Waals surface area contributed by atoms with Gasteiger partial charge in [-0.3, -0.25) is 4.79 Å². The first-order chi connectivity index (χ1) is 9.49. The summed E-state index contributed by atoms with van der Waals surface area (Å²) in [5.74, 6) is 0.823. The minimum Gasteiger partial charge on any atom is -0.466 e. The summed E-state index contributed by atoms with van der Waals surface area (Å²) in [7, 11) is 0. The van der Waals surface area contributed by atoms with Crippen molar-refractivity contribution in [3.05, 3.63) is 58.4 Å². The average Bonchev–Trinajstić information content (AvgIpc) is 2.91. The summed E-state index contributed by atoms with van der Waals surface area (Å²) in [5.41, 5.74) is 2.60. The van der Waals surface area contributed by atoms with Crippen LogP contribution in [0.1, 0.15) is 33.0 Å². The van der Waals surface area contributed by atoms with E-state index in [1.165, 1.54) is 12.1 Å². The summed E-state index contributed by atoms with van der Waals surface area (Å²) < 4.78 is 18.9. The summed E-state index contributed by atoms with van der Waals surface area (Å²) in [5, 5.41) is 0.590. The second-order valence-electron chi connectivity index (χ2n) is 4.94. The van der Waals surface area contributed by atoms with Crippen LogP contribution in [0.15, 0.2) is 28.8 Å². The Balaban J connectivity index is 2.20. The number of rotatable bonds is 2. The third kappa shape index (κ3) is 1.76. The van der Waals surface area contributed by atoms with E-state index in [0.717, 1.165) is 16.8 Å². The molecule has 0 saturated heterocycles. The van der Waals surface area contributed by atoms with E-state index < -0.39 is 0 Å². The maximum atomic E-state index is 13.4. The normalized spacial score (nSPS) is 11.2. The fourth-order valence-electron chi connectivity index (χ4n) is 2.54. The number of aryl methyl sites for hydroxylation is 2. The highest BCUT2D eigenvalue weighted by atomic mass is 19.1. The number of benzene rings is 1. The molecule has 0 aliphatic carbocycles. The van der Waals surface area contributed by atoms with E-state index >= 15 is 0 Å². The number of ketones is 1. The van der Waals surface area contributed by atoms with Crippen LogP contribution in [-0.4, -0.2) is 10.8 Å². The third-order valence-electron chi connectivity index (χ3n) is 3.68. The SMILES string of the molecule is Cc1oc(C)c(C(=O)c2c[nH]c3ccc(F)cc23)c1C. The molecule has 0 spiro atoms. The minimum absolute atomic E-state index is 0.145. The van der Waals surface area contributed by atoms with Gasteiger partial charge in [0.05, 0.1) is 5.56 Å².